The first-order valence-corrected chi connectivity index (χ1v) is 15.5. The topological polar surface area (TPSA) is 105 Å². The highest BCUT2D eigenvalue weighted by molar-refractivity contribution is 7.92. The van der Waals surface area contributed by atoms with Gasteiger partial charge in [-0.15, -0.1) is 0 Å². The molecule has 0 radical (unpaired) electrons. The molecule has 4 aromatic rings. The number of benzene rings is 4. The minimum Gasteiger partial charge on any atom is -0.497 e. The molecule has 230 valence electrons. The van der Waals surface area contributed by atoms with Crippen LogP contribution in [0.2, 0.25) is 0 Å². The number of ether oxygens (including phenoxy) is 2. The Morgan fingerprint density at radius 3 is 2.00 bits per heavy atom. The fourth-order valence-electron chi connectivity index (χ4n) is 4.84. The lowest BCUT2D eigenvalue weighted by molar-refractivity contribution is -0.139. The lowest BCUT2D eigenvalue weighted by atomic mass is 10.0. The molecule has 0 bridgehead atoms. The Labute approximate surface area is 259 Å². The van der Waals surface area contributed by atoms with Gasteiger partial charge in [-0.1, -0.05) is 78.4 Å². The molecule has 9 nitrogen and oxygen atoms in total. The van der Waals surface area contributed by atoms with E-state index in [1.165, 1.54) is 44.4 Å². The van der Waals surface area contributed by atoms with Crippen molar-refractivity contribution >= 4 is 27.5 Å². The van der Waals surface area contributed by atoms with Crippen molar-refractivity contribution < 1.29 is 27.5 Å². The Hall–Kier alpha value is -4.83. The van der Waals surface area contributed by atoms with Crippen molar-refractivity contribution in [1.29, 1.82) is 0 Å². The third-order valence-electron chi connectivity index (χ3n) is 7.26. The molecule has 0 fully saturated rings. The van der Waals surface area contributed by atoms with Gasteiger partial charge >= 0.3 is 0 Å². The van der Waals surface area contributed by atoms with E-state index in [-0.39, 0.29) is 35.2 Å². The number of anilines is 1. The first-order valence-electron chi connectivity index (χ1n) is 14.1. The number of rotatable bonds is 13. The summed E-state index contributed by atoms with van der Waals surface area (Å²) in [6.07, 6.45) is 0.228. The summed E-state index contributed by atoms with van der Waals surface area (Å²) in [5.41, 5.74) is 2.65. The van der Waals surface area contributed by atoms with Crippen LogP contribution in [0.1, 0.15) is 16.7 Å². The highest BCUT2D eigenvalue weighted by atomic mass is 32.2. The van der Waals surface area contributed by atoms with Crippen molar-refractivity contribution in [1.82, 2.24) is 10.2 Å². The van der Waals surface area contributed by atoms with Crippen LogP contribution in [0.5, 0.6) is 11.5 Å². The SMILES string of the molecule is CNC(=O)C(Cc1ccccc1)N(Cc1ccccc1)C(=O)CN(c1cc(OC)ccc1OC)S(=O)(=O)c1ccc(C)cc1. The van der Waals surface area contributed by atoms with Crippen LogP contribution >= 0.6 is 0 Å². The number of nitrogens with one attached hydrogen (secondary N) is 1. The second-order valence-electron chi connectivity index (χ2n) is 10.2. The van der Waals surface area contributed by atoms with Gasteiger partial charge in [0.15, 0.2) is 0 Å². The van der Waals surface area contributed by atoms with Gasteiger partial charge in [-0.3, -0.25) is 13.9 Å². The molecule has 1 N–H and O–H groups in total. The number of carbonyl (C=O) groups excluding carboxylic acids is 2. The number of hydrogen-bond donors (Lipinski definition) is 1. The van der Waals surface area contributed by atoms with Crippen LogP contribution in [-0.4, -0.2) is 59.0 Å². The van der Waals surface area contributed by atoms with Crippen LogP contribution in [0.15, 0.2) is 108 Å². The van der Waals surface area contributed by atoms with Gasteiger partial charge in [-0.2, -0.15) is 0 Å². The summed E-state index contributed by atoms with van der Waals surface area (Å²) in [7, 11) is 0.115. The number of sulfonamides is 1. The monoisotopic (exact) mass is 615 g/mol. The van der Waals surface area contributed by atoms with Crippen LogP contribution in [0, 0.1) is 6.92 Å². The van der Waals surface area contributed by atoms with E-state index >= 15 is 0 Å². The molecule has 0 heterocycles. The van der Waals surface area contributed by atoms with E-state index in [2.05, 4.69) is 5.32 Å². The van der Waals surface area contributed by atoms with Gasteiger partial charge in [0.1, 0.15) is 24.1 Å². The maximum absolute atomic E-state index is 14.4. The Morgan fingerprint density at radius 2 is 1.43 bits per heavy atom. The first kappa shape index (κ1) is 32.1. The molecule has 1 atom stereocenters. The fourth-order valence-corrected chi connectivity index (χ4v) is 6.26. The molecular formula is C34H37N3O6S. The van der Waals surface area contributed by atoms with Gasteiger partial charge in [-0.25, -0.2) is 8.42 Å². The molecule has 1 unspecified atom stereocenters. The van der Waals surface area contributed by atoms with E-state index < -0.39 is 28.5 Å². The first-order chi connectivity index (χ1) is 21.2. The van der Waals surface area contributed by atoms with E-state index in [9.17, 15) is 18.0 Å². The minimum absolute atomic E-state index is 0.00233. The maximum Gasteiger partial charge on any atom is 0.264 e. The third kappa shape index (κ3) is 7.57. The third-order valence-corrected chi connectivity index (χ3v) is 9.03. The number of methoxy groups -OCH3 is 2. The fraction of sp³-hybridized carbons (Fsp3) is 0.235. The van der Waals surface area contributed by atoms with Crippen molar-refractivity contribution in [3.05, 3.63) is 120 Å². The van der Waals surface area contributed by atoms with Gasteiger partial charge in [0.25, 0.3) is 10.0 Å². The van der Waals surface area contributed by atoms with E-state index in [4.69, 9.17) is 9.47 Å². The summed E-state index contributed by atoms with van der Waals surface area (Å²) in [5.74, 6) is -0.328. The number of hydrogen-bond acceptors (Lipinski definition) is 6. The maximum atomic E-state index is 14.4. The summed E-state index contributed by atoms with van der Waals surface area (Å²) < 4.78 is 40.5. The van der Waals surface area contributed by atoms with Crippen LogP contribution in [0.3, 0.4) is 0 Å². The second kappa shape index (κ2) is 14.6. The highest BCUT2D eigenvalue weighted by Gasteiger charge is 2.35. The van der Waals surface area contributed by atoms with E-state index in [1.807, 2.05) is 67.6 Å². The molecule has 0 aromatic heterocycles. The number of nitrogens with zero attached hydrogens (tertiary/aromatic N) is 2. The zero-order chi connectivity index (χ0) is 31.7. The quantitative estimate of drug-likeness (QED) is 0.236. The summed E-state index contributed by atoms with van der Waals surface area (Å²) in [6, 6.07) is 28.8. The molecule has 4 aromatic carbocycles. The van der Waals surface area contributed by atoms with E-state index in [0.29, 0.717) is 5.75 Å². The van der Waals surface area contributed by atoms with Gasteiger partial charge in [0.2, 0.25) is 11.8 Å². The summed E-state index contributed by atoms with van der Waals surface area (Å²) in [6.45, 7) is 1.34. The molecule has 0 saturated heterocycles. The van der Waals surface area contributed by atoms with Crippen molar-refractivity contribution in [2.24, 2.45) is 0 Å². The molecule has 0 spiro atoms. The van der Waals surface area contributed by atoms with Crippen LogP contribution in [0.4, 0.5) is 5.69 Å². The van der Waals surface area contributed by atoms with E-state index in [0.717, 1.165) is 21.0 Å². The highest BCUT2D eigenvalue weighted by Crippen LogP contribution is 2.36. The van der Waals surface area contributed by atoms with Gasteiger partial charge in [-0.05, 0) is 42.3 Å². The van der Waals surface area contributed by atoms with Crippen molar-refractivity contribution in [3.8, 4) is 11.5 Å². The van der Waals surface area contributed by atoms with Gasteiger partial charge in [0, 0.05) is 26.1 Å². The Kier molecular flexibility index (Phi) is 10.6. The molecule has 0 aliphatic heterocycles. The van der Waals surface area contributed by atoms with Crippen molar-refractivity contribution in [2.75, 3.05) is 32.1 Å². The van der Waals surface area contributed by atoms with Crippen LogP contribution in [-0.2, 0) is 32.6 Å². The molecule has 0 aliphatic rings. The van der Waals surface area contributed by atoms with Crippen LogP contribution in [0.25, 0.3) is 0 Å². The van der Waals surface area contributed by atoms with E-state index in [1.54, 1.807) is 24.3 Å². The Morgan fingerprint density at radius 1 is 0.818 bits per heavy atom. The average molecular weight is 616 g/mol. The largest absolute Gasteiger partial charge is 0.497 e. The van der Waals surface area contributed by atoms with Crippen molar-refractivity contribution in [3.63, 3.8) is 0 Å². The Balaban J connectivity index is 1.84. The number of amides is 2. The van der Waals surface area contributed by atoms with Crippen molar-refractivity contribution in [2.45, 2.75) is 30.8 Å². The molecule has 0 saturated carbocycles. The molecular weight excluding hydrogens is 578 g/mol. The second-order valence-corrected chi connectivity index (χ2v) is 12.1. The Bertz CT molecular complexity index is 1660. The zero-order valence-corrected chi connectivity index (χ0v) is 26.1. The summed E-state index contributed by atoms with van der Waals surface area (Å²) >= 11 is 0. The number of carbonyl (C=O) groups is 2. The number of aryl methyl sites for hydroxylation is 1. The average Bonchev–Trinajstić information content (AvgIpc) is 3.05. The minimum atomic E-state index is -4.29. The lowest BCUT2D eigenvalue weighted by Gasteiger charge is -2.34. The molecule has 0 aliphatic carbocycles. The molecule has 4 rings (SSSR count). The zero-order valence-electron chi connectivity index (χ0n) is 25.3. The molecule has 10 heteroatoms. The summed E-state index contributed by atoms with van der Waals surface area (Å²) in [5, 5.41) is 2.68. The predicted molar refractivity (Wildman–Crippen MR) is 170 cm³/mol. The predicted octanol–water partition coefficient (Wildman–Crippen LogP) is 4.59. The number of likely N-dealkylation sites (N-methyl/N-ethyl adjacent to an activating group) is 1. The molecule has 44 heavy (non-hydrogen) atoms. The molecule has 2 amide bonds. The van der Waals surface area contributed by atoms with Gasteiger partial charge < -0.3 is 19.7 Å². The lowest BCUT2D eigenvalue weighted by Crippen LogP contribution is -2.53. The van der Waals surface area contributed by atoms with Gasteiger partial charge in [0.05, 0.1) is 24.8 Å². The standard InChI is InChI=1S/C34H37N3O6S/c1-25-15-18-29(19-16-25)44(40,41)37(30-22-28(42-3)17-20-32(30)43-4)24-33(38)36(23-27-13-9-6-10-14-27)31(34(39)35-2)21-26-11-7-5-8-12-26/h5-20,22,31H,21,23-24H2,1-4H3,(H,35,39). The van der Waals surface area contributed by atoms with Crippen LogP contribution < -0.4 is 19.1 Å². The summed E-state index contributed by atoms with van der Waals surface area (Å²) in [4.78, 5) is 29.2. The smallest absolute Gasteiger partial charge is 0.264 e. The normalized spacial score (nSPS) is 11.7.